The number of nitrogens with one attached hydrogen (secondary N) is 1. The van der Waals surface area contributed by atoms with E-state index in [4.69, 9.17) is 0 Å². The van der Waals surface area contributed by atoms with Crippen LogP contribution in [-0.2, 0) is 6.54 Å². The zero-order valence-electron chi connectivity index (χ0n) is 13.9. The number of amides is 1. The number of aryl methyl sites for hydroxylation is 1. The van der Waals surface area contributed by atoms with Crippen LogP contribution >= 0.6 is 0 Å². The maximum absolute atomic E-state index is 12.7. The molecule has 0 aliphatic heterocycles. The topological polar surface area (TPSA) is 59.8 Å². The molecule has 0 radical (unpaired) electrons. The number of aromatic nitrogens is 3. The second-order valence-electron chi connectivity index (χ2n) is 6.00. The van der Waals surface area contributed by atoms with Crippen molar-refractivity contribution in [2.24, 2.45) is 0 Å². The fourth-order valence-electron chi connectivity index (χ4n) is 3.02. The Hall–Kier alpha value is -3.21. The Morgan fingerprint density at radius 1 is 1.08 bits per heavy atom. The summed E-state index contributed by atoms with van der Waals surface area (Å²) in [6, 6.07) is 19.4. The van der Waals surface area contributed by atoms with E-state index in [9.17, 15) is 4.79 Å². The summed E-state index contributed by atoms with van der Waals surface area (Å²) < 4.78 is 1.86. The van der Waals surface area contributed by atoms with Crippen molar-refractivity contribution in [2.75, 3.05) is 5.32 Å². The molecule has 4 rings (SSSR count). The van der Waals surface area contributed by atoms with E-state index in [1.165, 1.54) is 0 Å². The molecular formula is C20H18N4O. The summed E-state index contributed by atoms with van der Waals surface area (Å²) in [7, 11) is 0. The number of carbonyl (C=O) groups excluding carboxylic acids is 1. The van der Waals surface area contributed by atoms with E-state index in [1.54, 1.807) is 6.07 Å². The summed E-state index contributed by atoms with van der Waals surface area (Å²) in [5.41, 5.74) is 3.06. The van der Waals surface area contributed by atoms with Gasteiger partial charge in [-0.05, 0) is 36.1 Å². The third kappa shape index (κ3) is 2.85. The van der Waals surface area contributed by atoms with Crippen LogP contribution in [0.15, 0.2) is 60.7 Å². The highest BCUT2D eigenvalue weighted by atomic mass is 16.1. The molecule has 1 aromatic heterocycles. The van der Waals surface area contributed by atoms with Gasteiger partial charge in [0, 0.05) is 23.2 Å². The zero-order chi connectivity index (χ0) is 17.2. The van der Waals surface area contributed by atoms with Crippen LogP contribution in [0.2, 0.25) is 0 Å². The van der Waals surface area contributed by atoms with Gasteiger partial charge in [-0.15, -0.1) is 5.10 Å². The van der Waals surface area contributed by atoms with Crippen LogP contribution in [-0.4, -0.2) is 20.9 Å². The van der Waals surface area contributed by atoms with Crippen molar-refractivity contribution in [3.63, 3.8) is 0 Å². The lowest BCUT2D eigenvalue weighted by atomic mass is 10.1. The molecule has 0 saturated carbocycles. The third-order valence-corrected chi connectivity index (χ3v) is 4.25. The van der Waals surface area contributed by atoms with Gasteiger partial charge in [-0.2, -0.15) is 0 Å². The fourth-order valence-corrected chi connectivity index (χ4v) is 3.02. The molecule has 124 valence electrons. The van der Waals surface area contributed by atoms with E-state index in [0.29, 0.717) is 5.56 Å². The van der Waals surface area contributed by atoms with Crippen LogP contribution in [0.1, 0.15) is 23.7 Å². The van der Waals surface area contributed by atoms with Gasteiger partial charge in [0.25, 0.3) is 5.91 Å². The minimum absolute atomic E-state index is 0.150. The molecule has 5 nitrogen and oxygen atoms in total. The molecule has 0 aliphatic rings. The highest BCUT2D eigenvalue weighted by Crippen LogP contribution is 2.24. The van der Waals surface area contributed by atoms with Crippen LogP contribution in [0.5, 0.6) is 0 Å². The molecule has 0 fully saturated rings. The number of hydrogen-bond acceptors (Lipinski definition) is 3. The van der Waals surface area contributed by atoms with Crippen molar-refractivity contribution in [2.45, 2.75) is 19.9 Å². The van der Waals surface area contributed by atoms with Crippen molar-refractivity contribution in [3.8, 4) is 0 Å². The molecule has 1 amide bonds. The lowest BCUT2D eigenvalue weighted by Gasteiger charge is -2.09. The highest BCUT2D eigenvalue weighted by Gasteiger charge is 2.11. The maximum Gasteiger partial charge on any atom is 0.255 e. The van der Waals surface area contributed by atoms with Crippen LogP contribution < -0.4 is 5.32 Å². The first-order chi connectivity index (χ1) is 12.3. The number of hydrogen-bond donors (Lipinski definition) is 1. The zero-order valence-corrected chi connectivity index (χ0v) is 13.9. The Balaban J connectivity index is 1.65. The lowest BCUT2D eigenvalue weighted by molar-refractivity contribution is 0.102. The molecule has 4 aromatic rings. The molecule has 0 atom stereocenters. The highest BCUT2D eigenvalue weighted by molar-refractivity contribution is 6.10. The predicted octanol–water partition coefficient (Wildman–Crippen LogP) is 4.25. The molecule has 0 saturated heterocycles. The first kappa shape index (κ1) is 15.3. The number of carbonyl (C=O) groups is 1. The standard InChI is InChI=1S/C20H18N4O/c1-2-12-24-19-11-10-15(13-18(19)22-23-24)20(25)21-17-9-5-7-14-6-3-4-8-16(14)17/h3-11,13H,2,12H2,1H3,(H,21,25). The molecule has 0 bridgehead atoms. The van der Waals surface area contributed by atoms with Gasteiger partial charge >= 0.3 is 0 Å². The molecule has 5 heteroatoms. The van der Waals surface area contributed by atoms with Crippen LogP contribution in [0, 0.1) is 0 Å². The average molecular weight is 330 g/mol. The molecule has 0 aliphatic carbocycles. The molecular weight excluding hydrogens is 312 g/mol. The van der Waals surface area contributed by atoms with Crippen molar-refractivity contribution in [1.82, 2.24) is 15.0 Å². The van der Waals surface area contributed by atoms with E-state index < -0.39 is 0 Å². The van der Waals surface area contributed by atoms with Gasteiger partial charge in [-0.3, -0.25) is 4.79 Å². The molecule has 3 aromatic carbocycles. The summed E-state index contributed by atoms with van der Waals surface area (Å²) in [6.45, 7) is 2.91. The van der Waals surface area contributed by atoms with E-state index in [0.717, 1.165) is 40.5 Å². The SMILES string of the molecule is CCCn1nnc2cc(C(=O)Nc3cccc4ccccc34)ccc21. The van der Waals surface area contributed by atoms with E-state index in [-0.39, 0.29) is 5.91 Å². The minimum atomic E-state index is -0.150. The van der Waals surface area contributed by atoms with Crippen molar-refractivity contribution in [3.05, 3.63) is 66.2 Å². The van der Waals surface area contributed by atoms with Gasteiger partial charge in [-0.1, -0.05) is 48.5 Å². The van der Waals surface area contributed by atoms with Crippen molar-refractivity contribution >= 4 is 33.4 Å². The number of rotatable bonds is 4. The van der Waals surface area contributed by atoms with E-state index >= 15 is 0 Å². The normalized spacial score (nSPS) is 11.1. The molecule has 0 spiro atoms. The summed E-state index contributed by atoms with van der Waals surface area (Å²) >= 11 is 0. The second-order valence-corrected chi connectivity index (χ2v) is 6.00. The van der Waals surface area contributed by atoms with Crippen LogP contribution in [0.3, 0.4) is 0 Å². The molecule has 25 heavy (non-hydrogen) atoms. The Morgan fingerprint density at radius 2 is 1.92 bits per heavy atom. The quantitative estimate of drug-likeness (QED) is 0.608. The smallest absolute Gasteiger partial charge is 0.255 e. The van der Waals surface area contributed by atoms with Crippen molar-refractivity contribution in [1.29, 1.82) is 0 Å². The van der Waals surface area contributed by atoms with Crippen molar-refractivity contribution < 1.29 is 4.79 Å². The first-order valence-electron chi connectivity index (χ1n) is 8.38. The maximum atomic E-state index is 12.7. The summed E-state index contributed by atoms with van der Waals surface area (Å²) in [5.74, 6) is -0.150. The number of fused-ring (bicyclic) bond motifs is 2. The number of anilines is 1. The lowest BCUT2D eigenvalue weighted by Crippen LogP contribution is -2.12. The minimum Gasteiger partial charge on any atom is -0.321 e. The summed E-state index contributed by atoms with van der Waals surface area (Å²) in [6.07, 6.45) is 0.988. The van der Waals surface area contributed by atoms with Gasteiger partial charge < -0.3 is 5.32 Å². The predicted molar refractivity (Wildman–Crippen MR) is 99.7 cm³/mol. The average Bonchev–Trinajstić information content (AvgIpc) is 3.04. The van der Waals surface area contributed by atoms with Gasteiger partial charge in [0.2, 0.25) is 0 Å². The van der Waals surface area contributed by atoms with E-state index in [1.807, 2.05) is 59.3 Å². The third-order valence-electron chi connectivity index (χ3n) is 4.25. The molecule has 0 unspecified atom stereocenters. The first-order valence-corrected chi connectivity index (χ1v) is 8.38. The summed E-state index contributed by atoms with van der Waals surface area (Å²) in [5, 5.41) is 13.4. The molecule has 1 N–H and O–H groups in total. The monoisotopic (exact) mass is 330 g/mol. The van der Waals surface area contributed by atoms with E-state index in [2.05, 4.69) is 22.6 Å². The van der Waals surface area contributed by atoms with Gasteiger partial charge in [0.1, 0.15) is 5.52 Å². The Bertz CT molecular complexity index is 1060. The largest absolute Gasteiger partial charge is 0.321 e. The van der Waals surface area contributed by atoms with Crippen LogP contribution in [0.25, 0.3) is 21.8 Å². The Labute approximate surface area is 145 Å². The number of benzene rings is 3. The Kier molecular flexibility index (Phi) is 3.90. The Morgan fingerprint density at radius 3 is 2.80 bits per heavy atom. The van der Waals surface area contributed by atoms with Crippen LogP contribution in [0.4, 0.5) is 5.69 Å². The second kappa shape index (κ2) is 6.36. The van der Waals surface area contributed by atoms with Gasteiger partial charge in [0.15, 0.2) is 0 Å². The van der Waals surface area contributed by atoms with Gasteiger partial charge in [0.05, 0.1) is 5.52 Å². The fraction of sp³-hybridized carbons (Fsp3) is 0.150. The van der Waals surface area contributed by atoms with Gasteiger partial charge in [-0.25, -0.2) is 4.68 Å². The summed E-state index contributed by atoms with van der Waals surface area (Å²) in [4.78, 5) is 12.7. The molecule has 1 heterocycles. The number of nitrogens with zero attached hydrogens (tertiary/aromatic N) is 3.